The molecular formula is C14H22O2. The Balaban J connectivity index is 1.80. The highest BCUT2D eigenvalue weighted by molar-refractivity contribution is 5.70. The summed E-state index contributed by atoms with van der Waals surface area (Å²) in [4.78, 5) is 11.3. The number of carboxylic acid groups (broad SMARTS) is 1. The highest BCUT2D eigenvalue weighted by atomic mass is 16.4. The van der Waals surface area contributed by atoms with Crippen LogP contribution >= 0.6 is 0 Å². The maximum absolute atomic E-state index is 11.3. The maximum Gasteiger partial charge on any atom is 0.306 e. The molecule has 0 saturated heterocycles. The van der Waals surface area contributed by atoms with E-state index in [2.05, 4.69) is 0 Å². The van der Waals surface area contributed by atoms with Crippen molar-refractivity contribution in [2.24, 2.45) is 16.7 Å². The first-order chi connectivity index (χ1) is 7.63. The monoisotopic (exact) mass is 222 g/mol. The normalized spacial score (nSPS) is 35.1. The average molecular weight is 222 g/mol. The summed E-state index contributed by atoms with van der Waals surface area (Å²) in [6, 6.07) is 0. The van der Waals surface area contributed by atoms with Crippen molar-refractivity contribution in [3.63, 3.8) is 0 Å². The summed E-state index contributed by atoms with van der Waals surface area (Å²) in [5.74, 6) is -0.565. The minimum atomic E-state index is -0.532. The van der Waals surface area contributed by atoms with E-state index in [1.54, 1.807) is 0 Å². The molecule has 3 saturated carbocycles. The van der Waals surface area contributed by atoms with Crippen molar-refractivity contribution in [2.75, 3.05) is 0 Å². The molecule has 0 radical (unpaired) electrons. The quantitative estimate of drug-likeness (QED) is 0.736. The van der Waals surface area contributed by atoms with E-state index in [0.717, 1.165) is 12.8 Å². The van der Waals surface area contributed by atoms with E-state index < -0.39 is 5.97 Å². The molecule has 2 heteroatoms. The molecule has 0 aromatic heterocycles. The van der Waals surface area contributed by atoms with E-state index in [9.17, 15) is 9.90 Å². The number of hydrogen-bond donors (Lipinski definition) is 1. The van der Waals surface area contributed by atoms with Crippen LogP contribution < -0.4 is 0 Å². The molecule has 3 rings (SSSR count). The number of rotatable bonds is 1. The first-order valence-electron chi connectivity index (χ1n) is 6.86. The molecular weight excluding hydrogens is 200 g/mol. The molecule has 0 aromatic carbocycles. The van der Waals surface area contributed by atoms with E-state index in [4.69, 9.17) is 0 Å². The summed E-state index contributed by atoms with van der Waals surface area (Å²) in [6.07, 6.45) is 12.6. The highest BCUT2D eigenvalue weighted by Gasteiger charge is 2.55. The van der Waals surface area contributed by atoms with Crippen molar-refractivity contribution >= 4 is 5.97 Å². The van der Waals surface area contributed by atoms with Gasteiger partial charge in [0.15, 0.2) is 0 Å². The summed E-state index contributed by atoms with van der Waals surface area (Å²) in [5, 5.41) is 9.31. The van der Waals surface area contributed by atoms with Crippen LogP contribution in [0.1, 0.15) is 64.2 Å². The molecule has 1 N–H and O–H groups in total. The molecule has 1 atom stereocenters. The van der Waals surface area contributed by atoms with Crippen LogP contribution in [0.2, 0.25) is 0 Å². The molecule has 3 fully saturated rings. The molecule has 1 unspecified atom stereocenters. The third-order valence-corrected chi connectivity index (χ3v) is 5.33. The minimum absolute atomic E-state index is 0.0330. The van der Waals surface area contributed by atoms with Gasteiger partial charge in [-0.25, -0.2) is 0 Å². The van der Waals surface area contributed by atoms with Gasteiger partial charge in [0.2, 0.25) is 0 Å². The standard InChI is InChI=1S/C14H22O2/c15-12(16)11-8-13(4-2-1-3-5-13)10-14(9-11)6-7-14/h11H,1-10H2,(H,15,16). The third kappa shape index (κ3) is 1.76. The topological polar surface area (TPSA) is 37.3 Å². The van der Waals surface area contributed by atoms with Crippen molar-refractivity contribution in [1.29, 1.82) is 0 Å². The zero-order valence-corrected chi connectivity index (χ0v) is 10.0. The molecule has 2 spiro atoms. The molecule has 2 nitrogen and oxygen atoms in total. The highest BCUT2D eigenvalue weighted by Crippen LogP contribution is 2.65. The fraction of sp³-hybridized carbons (Fsp3) is 0.929. The van der Waals surface area contributed by atoms with E-state index in [0.29, 0.717) is 10.8 Å². The Bertz CT molecular complexity index is 298. The Hall–Kier alpha value is -0.530. The smallest absolute Gasteiger partial charge is 0.306 e. The lowest BCUT2D eigenvalue weighted by Gasteiger charge is -2.46. The molecule has 0 aromatic rings. The Labute approximate surface area is 97.4 Å². The second-order valence-electron chi connectivity index (χ2n) is 6.68. The van der Waals surface area contributed by atoms with Gasteiger partial charge >= 0.3 is 5.97 Å². The maximum atomic E-state index is 11.3. The van der Waals surface area contributed by atoms with Crippen LogP contribution in [0.5, 0.6) is 0 Å². The summed E-state index contributed by atoms with van der Waals surface area (Å²) >= 11 is 0. The van der Waals surface area contributed by atoms with Gasteiger partial charge in [-0.3, -0.25) is 4.79 Å². The van der Waals surface area contributed by atoms with Gasteiger partial charge in [-0.1, -0.05) is 19.3 Å². The number of carbonyl (C=O) groups is 1. The van der Waals surface area contributed by atoms with Gasteiger partial charge in [-0.2, -0.15) is 0 Å². The van der Waals surface area contributed by atoms with Crippen LogP contribution in [0.15, 0.2) is 0 Å². The Morgan fingerprint density at radius 1 is 0.938 bits per heavy atom. The molecule has 3 aliphatic carbocycles. The predicted octanol–water partition coefficient (Wildman–Crippen LogP) is 3.60. The van der Waals surface area contributed by atoms with Gasteiger partial charge in [0, 0.05) is 0 Å². The predicted molar refractivity (Wildman–Crippen MR) is 62.2 cm³/mol. The fourth-order valence-electron chi connectivity index (χ4n) is 4.47. The van der Waals surface area contributed by atoms with Crippen LogP contribution in [0.25, 0.3) is 0 Å². The SMILES string of the molecule is O=C(O)C1CC2(CCCCC2)CC2(CC2)C1. The van der Waals surface area contributed by atoms with E-state index in [1.165, 1.54) is 51.4 Å². The molecule has 0 bridgehead atoms. The summed E-state index contributed by atoms with van der Waals surface area (Å²) in [6.45, 7) is 0. The van der Waals surface area contributed by atoms with Crippen molar-refractivity contribution < 1.29 is 9.90 Å². The fourth-order valence-corrected chi connectivity index (χ4v) is 4.47. The van der Waals surface area contributed by atoms with Crippen LogP contribution in [0.3, 0.4) is 0 Å². The van der Waals surface area contributed by atoms with Crippen molar-refractivity contribution in [3.05, 3.63) is 0 Å². The third-order valence-electron chi connectivity index (χ3n) is 5.33. The Kier molecular flexibility index (Phi) is 2.31. The first kappa shape index (κ1) is 10.6. The lowest BCUT2D eigenvalue weighted by molar-refractivity contribution is -0.146. The average Bonchev–Trinajstić information content (AvgIpc) is 2.97. The number of hydrogen-bond acceptors (Lipinski definition) is 1. The zero-order valence-electron chi connectivity index (χ0n) is 10.0. The van der Waals surface area contributed by atoms with Crippen molar-refractivity contribution in [1.82, 2.24) is 0 Å². The van der Waals surface area contributed by atoms with Crippen LogP contribution in [-0.2, 0) is 4.79 Å². The van der Waals surface area contributed by atoms with E-state index in [1.807, 2.05) is 0 Å². The second kappa shape index (κ2) is 3.48. The van der Waals surface area contributed by atoms with Gasteiger partial charge in [0.05, 0.1) is 5.92 Å². The lowest BCUT2D eigenvalue weighted by atomic mass is 9.58. The lowest BCUT2D eigenvalue weighted by Crippen LogP contribution is -2.38. The van der Waals surface area contributed by atoms with Crippen LogP contribution in [-0.4, -0.2) is 11.1 Å². The summed E-state index contributed by atoms with van der Waals surface area (Å²) < 4.78 is 0. The van der Waals surface area contributed by atoms with Crippen molar-refractivity contribution in [3.8, 4) is 0 Å². The van der Waals surface area contributed by atoms with E-state index in [-0.39, 0.29) is 5.92 Å². The molecule has 0 aliphatic heterocycles. The van der Waals surface area contributed by atoms with E-state index >= 15 is 0 Å². The van der Waals surface area contributed by atoms with Gasteiger partial charge in [0.1, 0.15) is 0 Å². The Morgan fingerprint density at radius 3 is 2.00 bits per heavy atom. The summed E-state index contributed by atoms with van der Waals surface area (Å²) in [7, 11) is 0. The molecule has 0 heterocycles. The van der Waals surface area contributed by atoms with Crippen LogP contribution in [0, 0.1) is 16.7 Å². The zero-order chi connectivity index (χ0) is 11.2. The molecule has 90 valence electrons. The van der Waals surface area contributed by atoms with Crippen LogP contribution in [0.4, 0.5) is 0 Å². The van der Waals surface area contributed by atoms with Gasteiger partial charge < -0.3 is 5.11 Å². The second-order valence-corrected chi connectivity index (χ2v) is 6.68. The number of carboxylic acids is 1. The largest absolute Gasteiger partial charge is 0.481 e. The number of aliphatic carboxylic acids is 1. The Morgan fingerprint density at radius 2 is 1.50 bits per heavy atom. The first-order valence-corrected chi connectivity index (χ1v) is 6.86. The molecule has 0 amide bonds. The molecule has 16 heavy (non-hydrogen) atoms. The van der Waals surface area contributed by atoms with Gasteiger partial charge in [0.25, 0.3) is 0 Å². The minimum Gasteiger partial charge on any atom is -0.481 e. The van der Waals surface area contributed by atoms with Gasteiger partial charge in [-0.15, -0.1) is 0 Å². The van der Waals surface area contributed by atoms with Gasteiger partial charge in [-0.05, 0) is 55.8 Å². The molecule has 3 aliphatic rings. The van der Waals surface area contributed by atoms with Crippen molar-refractivity contribution in [2.45, 2.75) is 64.2 Å². The summed E-state index contributed by atoms with van der Waals surface area (Å²) in [5.41, 5.74) is 0.898.